The van der Waals surface area contributed by atoms with Gasteiger partial charge in [0.25, 0.3) is 0 Å². The third-order valence-corrected chi connectivity index (χ3v) is 2.55. The van der Waals surface area contributed by atoms with Crippen LogP contribution in [0, 0.1) is 5.92 Å². The third-order valence-electron chi connectivity index (χ3n) is 2.55. The number of carbonyl (C=O) groups excluding carboxylic acids is 1. The monoisotopic (exact) mass is 250 g/mol. The normalized spacial score (nSPS) is 13.2. The summed E-state index contributed by atoms with van der Waals surface area (Å²) in [6.07, 6.45) is 3.30. The van der Waals surface area contributed by atoms with Crippen LogP contribution in [0.2, 0.25) is 0 Å². The van der Waals surface area contributed by atoms with Crippen LogP contribution in [0.3, 0.4) is 0 Å². The van der Waals surface area contributed by atoms with E-state index in [1.165, 1.54) is 0 Å². The number of carbonyl (C=O) groups is 1. The van der Waals surface area contributed by atoms with Crippen molar-refractivity contribution in [2.24, 2.45) is 5.92 Å². The third kappa shape index (κ3) is 4.07. The van der Waals surface area contributed by atoms with Gasteiger partial charge < -0.3 is 10.6 Å². The molecular weight excluding hydrogens is 228 g/mol. The van der Waals surface area contributed by atoms with Gasteiger partial charge in [-0.2, -0.15) is 0 Å². The van der Waals surface area contributed by atoms with Gasteiger partial charge in [0.2, 0.25) is 5.91 Å². The second-order valence-electron chi connectivity index (χ2n) is 5.49. The van der Waals surface area contributed by atoms with Gasteiger partial charge in [-0.05, 0) is 7.05 Å². The fourth-order valence-electron chi connectivity index (χ4n) is 1.44. The van der Waals surface area contributed by atoms with E-state index in [-0.39, 0.29) is 17.2 Å². The molecule has 1 rings (SSSR count). The highest BCUT2D eigenvalue weighted by molar-refractivity contribution is 5.92. The van der Waals surface area contributed by atoms with E-state index in [1.54, 1.807) is 12.4 Å². The average Bonchev–Trinajstić information content (AvgIpc) is 2.28. The Kier molecular flexibility index (Phi) is 4.78. The van der Waals surface area contributed by atoms with Crippen molar-refractivity contribution in [1.29, 1.82) is 0 Å². The summed E-state index contributed by atoms with van der Waals surface area (Å²) in [5, 5.41) is 5.77. The van der Waals surface area contributed by atoms with Crippen molar-refractivity contribution in [1.82, 2.24) is 15.3 Å². The van der Waals surface area contributed by atoms with Crippen LogP contribution < -0.4 is 10.6 Å². The first kappa shape index (κ1) is 14.6. The van der Waals surface area contributed by atoms with Crippen LogP contribution >= 0.6 is 0 Å². The van der Waals surface area contributed by atoms with Gasteiger partial charge in [-0.3, -0.25) is 4.79 Å². The summed E-state index contributed by atoms with van der Waals surface area (Å²) in [5.74, 6) is 0.650. The van der Waals surface area contributed by atoms with E-state index in [4.69, 9.17) is 0 Å². The number of hydrogen-bond acceptors (Lipinski definition) is 4. The Morgan fingerprint density at radius 3 is 2.33 bits per heavy atom. The summed E-state index contributed by atoms with van der Waals surface area (Å²) in [6.45, 7) is 8.67. The molecule has 1 aromatic heterocycles. The van der Waals surface area contributed by atoms with Crippen molar-refractivity contribution in [3.05, 3.63) is 18.2 Å². The predicted molar refractivity (Wildman–Crippen MR) is 72.5 cm³/mol. The largest absolute Gasteiger partial charge is 0.323 e. The molecule has 0 saturated carbocycles. The second-order valence-corrected chi connectivity index (χ2v) is 5.49. The molecule has 0 bridgehead atoms. The lowest BCUT2D eigenvalue weighted by atomic mass is 9.96. The number of aromatic nitrogens is 2. The molecule has 1 unspecified atom stereocenters. The molecule has 0 spiro atoms. The maximum Gasteiger partial charge on any atom is 0.228 e. The smallest absolute Gasteiger partial charge is 0.228 e. The summed E-state index contributed by atoms with van der Waals surface area (Å²) >= 11 is 0. The zero-order valence-corrected chi connectivity index (χ0v) is 11.7. The van der Waals surface area contributed by atoms with Crippen LogP contribution in [-0.2, 0) is 10.2 Å². The van der Waals surface area contributed by atoms with E-state index in [1.807, 2.05) is 14.0 Å². The SMILES string of the molecule is CNCC(C)C(=O)Nc1cnc(C(C)(C)C)nc1. The van der Waals surface area contributed by atoms with Crippen molar-refractivity contribution in [2.45, 2.75) is 33.1 Å². The Labute approximate surface area is 108 Å². The van der Waals surface area contributed by atoms with Gasteiger partial charge in [-0.25, -0.2) is 9.97 Å². The lowest BCUT2D eigenvalue weighted by molar-refractivity contribution is -0.119. The van der Waals surface area contributed by atoms with Gasteiger partial charge in [0.05, 0.1) is 18.1 Å². The quantitative estimate of drug-likeness (QED) is 0.851. The Morgan fingerprint density at radius 1 is 1.33 bits per heavy atom. The minimum atomic E-state index is -0.0858. The molecule has 0 fully saturated rings. The Morgan fingerprint density at radius 2 is 1.89 bits per heavy atom. The van der Waals surface area contributed by atoms with E-state index in [0.717, 1.165) is 5.82 Å². The molecule has 2 N–H and O–H groups in total. The molecule has 1 amide bonds. The lowest BCUT2D eigenvalue weighted by Crippen LogP contribution is -2.28. The minimum Gasteiger partial charge on any atom is -0.323 e. The van der Waals surface area contributed by atoms with Crippen molar-refractivity contribution < 1.29 is 4.79 Å². The Balaban J connectivity index is 2.67. The summed E-state index contributed by atoms with van der Waals surface area (Å²) in [6, 6.07) is 0. The number of anilines is 1. The molecule has 18 heavy (non-hydrogen) atoms. The molecule has 100 valence electrons. The van der Waals surface area contributed by atoms with E-state index < -0.39 is 0 Å². The van der Waals surface area contributed by atoms with E-state index >= 15 is 0 Å². The maximum atomic E-state index is 11.8. The highest BCUT2D eigenvalue weighted by Crippen LogP contribution is 2.18. The van der Waals surface area contributed by atoms with Crippen LogP contribution in [0.4, 0.5) is 5.69 Å². The van der Waals surface area contributed by atoms with Gasteiger partial charge in [0.15, 0.2) is 0 Å². The topological polar surface area (TPSA) is 66.9 Å². The molecule has 1 aromatic rings. The van der Waals surface area contributed by atoms with Crippen molar-refractivity contribution in [3.63, 3.8) is 0 Å². The Bertz CT molecular complexity index is 394. The zero-order valence-electron chi connectivity index (χ0n) is 11.7. The van der Waals surface area contributed by atoms with E-state index in [2.05, 4.69) is 41.4 Å². The maximum absolute atomic E-state index is 11.8. The summed E-state index contributed by atoms with van der Waals surface area (Å²) in [5.41, 5.74) is 0.554. The molecule has 1 heterocycles. The average molecular weight is 250 g/mol. The van der Waals surface area contributed by atoms with Crippen LogP contribution in [0.5, 0.6) is 0 Å². The molecule has 1 atom stereocenters. The Hall–Kier alpha value is -1.49. The molecular formula is C13H22N4O. The van der Waals surface area contributed by atoms with E-state index in [9.17, 15) is 4.79 Å². The van der Waals surface area contributed by atoms with Crippen molar-refractivity contribution in [3.8, 4) is 0 Å². The molecule has 0 aliphatic rings. The number of amides is 1. The fourth-order valence-corrected chi connectivity index (χ4v) is 1.44. The van der Waals surface area contributed by atoms with Gasteiger partial charge in [-0.15, -0.1) is 0 Å². The second kappa shape index (κ2) is 5.91. The van der Waals surface area contributed by atoms with Gasteiger partial charge in [0, 0.05) is 17.9 Å². The van der Waals surface area contributed by atoms with Crippen LogP contribution in [0.15, 0.2) is 12.4 Å². The number of nitrogens with zero attached hydrogens (tertiary/aromatic N) is 2. The lowest BCUT2D eigenvalue weighted by Gasteiger charge is -2.16. The summed E-state index contributed by atoms with van der Waals surface area (Å²) in [4.78, 5) is 20.3. The zero-order chi connectivity index (χ0) is 13.8. The molecule has 0 aliphatic carbocycles. The van der Waals surface area contributed by atoms with Crippen LogP contribution in [-0.4, -0.2) is 29.5 Å². The highest BCUT2D eigenvalue weighted by Gasteiger charge is 2.17. The predicted octanol–water partition coefficient (Wildman–Crippen LogP) is 1.57. The highest BCUT2D eigenvalue weighted by atomic mass is 16.1. The van der Waals surface area contributed by atoms with E-state index in [0.29, 0.717) is 12.2 Å². The van der Waals surface area contributed by atoms with Crippen molar-refractivity contribution >= 4 is 11.6 Å². The first-order chi connectivity index (χ1) is 8.34. The number of rotatable bonds is 4. The van der Waals surface area contributed by atoms with Gasteiger partial charge in [0.1, 0.15) is 5.82 Å². The van der Waals surface area contributed by atoms with Crippen LogP contribution in [0.1, 0.15) is 33.5 Å². The molecule has 5 heteroatoms. The standard InChI is InChI=1S/C13H22N4O/c1-9(6-14-5)11(18)17-10-7-15-12(16-8-10)13(2,3)4/h7-9,14H,6H2,1-5H3,(H,17,18). The molecule has 0 aliphatic heterocycles. The molecule has 5 nitrogen and oxygen atoms in total. The van der Waals surface area contributed by atoms with Crippen molar-refractivity contribution in [2.75, 3.05) is 18.9 Å². The number of nitrogens with one attached hydrogen (secondary N) is 2. The first-order valence-electron chi connectivity index (χ1n) is 6.12. The fraction of sp³-hybridized carbons (Fsp3) is 0.615. The molecule has 0 aromatic carbocycles. The summed E-state index contributed by atoms with van der Waals surface area (Å²) in [7, 11) is 1.82. The first-order valence-corrected chi connectivity index (χ1v) is 6.12. The minimum absolute atomic E-state index is 0.0311. The van der Waals surface area contributed by atoms with Crippen LogP contribution in [0.25, 0.3) is 0 Å². The molecule has 0 saturated heterocycles. The van der Waals surface area contributed by atoms with Gasteiger partial charge >= 0.3 is 0 Å². The number of hydrogen-bond donors (Lipinski definition) is 2. The molecule has 0 radical (unpaired) electrons. The summed E-state index contributed by atoms with van der Waals surface area (Å²) < 4.78 is 0. The van der Waals surface area contributed by atoms with Gasteiger partial charge in [-0.1, -0.05) is 27.7 Å².